The highest BCUT2D eigenvalue weighted by Gasteiger charge is 2.12. The van der Waals surface area contributed by atoms with Crippen molar-refractivity contribution in [1.29, 1.82) is 5.26 Å². The number of anilines is 1. The van der Waals surface area contributed by atoms with Gasteiger partial charge in [0.25, 0.3) is 0 Å². The van der Waals surface area contributed by atoms with E-state index in [9.17, 15) is 0 Å². The summed E-state index contributed by atoms with van der Waals surface area (Å²) in [6, 6.07) is 8.28. The van der Waals surface area contributed by atoms with E-state index in [1.165, 1.54) is 24.1 Å². The number of hydrogen-bond donors (Lipinski definition) is 0. The Labute approximate surface area is 84.8 Å². The van der Waals surface area contributed by atoms with Crippen molar-refractivity contribution in [1.82, 2.24) is 0 Å². The summed E-state index contributed by atoms with van der Waals surface area (Å²) < 4.78 is 0. The molecule has 2 heteroatoms. The highest BCUT2D eigenvalue weighted by Crippen LogP contribution is 2.22. The second-order valence-electron chi connectivity index (χ2n) is 3.86. The van der Waals surface area contributed by atoms with E-state index in [1.807, 2.05) is 19.1 Å². The average molecular weight is 186 g/mol. The third-order valence-electron chi connectivity index (χ3n) is 2.66. The van der Waals surface area contributed by atoms with Gasteiger partial charge in [-0.3, -0.25) is 0 Å². The maximum absolute atomic E-state index is 8.86. The number of hydrogen-bond acceptors (Lipinski definition) is 2. The van der Waals surface area contributed by atoms with Crippen molar-refractivity contribution in [2.75, 3.05) is 18.0 Å². The molecule has 2 nitrogen and oxygen atoms in total. The van der Waals surface area contributed by atoms with E-state index in [4.69, 9.17) is 5.26 Å². The van der Waals surface area contributed by atoms with Crippen molar-refractivity contribution in [2.24, 2.45) is 0 Å². The molecule has 0 aromatic heterocycles. The predicted octanol–water partition coefficient (Wildman–Crippen LogP) is 2.47. The molecule has 72 valence electrons. The molecule has 0 spiro atoms. The van der Waals surface area contributed by atoms with Crippen LogP contribution in [-0.4, -0.2) is 13.1 Å². The van der Waals surface area contributed by atoms with E-state index in [0.29, 0.717) is 0 Å². The lowest BCUT2D eigenvalue weighted by Crippen LogP contribution is -2.17. The molecule has 0 aliphatic carbocycles. The van der Waals surface area contributed by atoms with Crippen LogP contribution in [0.1, 0.15) is 24.0 Å². The Kier molecular flexibility index (Phi) is 2.41. The molecule has 0 unspecified atom stereocenters. The molecule has 0 amide bonds. The van der Waals surface area contributed by atoms with Crippen LogP contribution >= 0.6 is 0 Å². The lowest BCUT2D eigenvalue weighted by atomic mass is 10.1. The van der Waals surface area contributed by atoms with Crippen molar-refractivity contribution >= 4 is 5.69 Å². The number of aryl methyl sites for hydroxylation is 1. The Morgan fingerprint density at radius 2 is 1.93 bits per heavy atom. The van der Waals surface area contributed by atoms with Crippen molar-refractivity contribution in [3.63, 3.8) is 0 Å². The summed E-state index contributed by atoms with van der Waals surface area (Å²) in [6.07, 6.45) is 2.55. The molecule has 1 saturated heterocycles. The van der Waals surface area contributed by atoms with Crippen LogP contribution in [0.3, 0.4) is 0 Å². The zero-order valence-corrected chi connectivity index (χ0v) is 8.45. The first-order chi connectivity index (χ1) is 6.79. The third-order valence-corrected chi connectivity index (χ3v) is 2.66. The van der Waals surface area contributed by atoms with E-state index >= 15 is 0 Å². The third kappa shape index (κ3) is 1.72. The molecule has 14 heavy (non-hydrogen) atoms. The van der Waals surface area contributed by atoms with Crippen LogP contribution in [0.2, 0.25) is 0 Å². The Morgan fingerprint density at radius 1 is 1.21 bits per heavy atom. The lowest BCUT2D eigenvalue weighted by Gasteiger charge is -2.18. The van der Waals surface area contributed by atoms with Crippen molar-refractivity contribution in [3.8, 4) is 6.07 Å². The Morgan fingerprint density at radius 3 is 2.57 bits per heavy atom. The number of nitrogens with zero attached hydrogens (tertiary/aromatic N) is 2. The number of rotatable bonds is 1. The average Bonchev–Trinajstić information content (AvgIpc) is 2.69. The first-order valence-electron chi connectivity index (χ1n) is 5.06. The molecule has 0 N–H and O–H groups in total. The fourth-order valence-corrected chi connectivity index (χ4v) is 1.99. The normalized spacial score (nSPS) is 15.6. The van der Waals surface area contributed by atoms with E-state index in [-0.39, 0.29) is 0 Å². The van der Waals surface area contributed by atoms with Crippen LogP contribution in [0.25, 0.3) is 0 Å². The molecular weight excluding hydrogens is 172 g/mol. The van der Waals surface area contributed by atoms with Gasteiger partial charge in [-0.1, -0.05) is 0 Å². The van der Waals surface area contributed by atoms with Gasteiger partial charge in [0.05, 0.1) is 11.6 Å². The minimum Gasteiger partial charge on any atom is -0.371 e. The fraction of sp³-hybridized carbons (Fsp3) is 0.417. The van der Waals surface area contributed by atoms with E-state index in [0.717, 1.165) is 18.7 Å². The lowest BCUT2D eigenvalue weighted by molar-refractivity contribution is 0.949. The van der Waals surface area contributed by atoms with E-state index in [1.54, 1.807) is 0 Å². The van der Waals surface area contributed by atoms with Crippen LogP contribution in [-0.2, 0) is 0 Å². The second-order valence-corrected chi connectivity index (χ2v) is 3.86. The molecule has 1 aliphatic heterocycles. The molecule has 1 fully saturated rings. The van der Waals surface area contributed by atoms with Crippen LogP contribution in [0.15, 0.2) is 18.2 Å². The largest absolute Gasteiger partial charge is 0.371 e. The van der Waals surface area contributed by atoms with Gasteiger partial charge < -0.3 is 4.90 Å². The molecular formula is C12H14N2. The fourth-order valence-electron chi connectivity index (χ4n) is 1.99. The molecule has 0 saturated carbocycles. The summed E-state index contributed by atoms with van der Waals surface area (Å²) in [5.74, 6) is 0. The summed E-state index contributed by atoms with van der Waals surface area (Å²) in [7, 11) is 0. The second kappa shape index (κ2) is 3.71. The Balaban J connectivity index is 2.33. The summed E-state index contributed by atoms with van der Waals surface area (Å²) in [6.45, 7) is 4.31. The molecule has 0 bridgehead atoms. The van der Waals surface area contributed by atoms with Crippen LogP contribution in [0, 0.1) is 18.3 Å². The maximum atomic E-state index is 8.86. The first kappa shape index (κ1) is 9.08. The molecule has 1 aromatic carbocycles. The first-order valence-corrected chi connectivity index (χ1v) is 5.06. The summed E-state index contributed by atoms with van der Waals surface area (Å²) >= 11 is 0. The smallest absolute Gasteiger partial charge is 0.0992 e. The van der Waals surface area contributed by atoms with Crippen LogP contribution in [0.5, 0.6) is 0 Å². The molecule has 1 heterocycles. The molecule has 0 atom stereocenters. The summed E-state index contributed by atoms with van der Waals surface area (Å²) in [4.78, 5) is 2.36. The Bertz CT molecular complexity index is 370. The topological polar surface area (TPSA) is 27.0 Å². The van der Waals surface area contributed by atoms with E-state index < -0.39 is 0 Å². The van der Waals surface area contributed by atoms with Gasteiger partial charge in [0.15, 0.2) is 0 Å². The van der Waals surface area contributed by atoms with Crippen molar-refractivity contribution < 1.29 is 0 Å². The van der Waals surface area contributed by atoms with Gasteiger partial charge in [0.1, 0.15) is 0 Å². The van der Waals surface area contributed by atoms with Gasteiger partial charge >= 0.3 is 0 Å². The molecule has 0 radical (unpaired) electrons. The minimum absolute atomic E-state index is 0.770. The molecule has 1 aromatic rings. The Hall–Kier alpha value is -1.49. The van der Waals surface area contributed by atoms with Gasteiger partial charge in [0, 0.05) is 18.8 Å². The predicted molar refractivity (Wildman–Crippen MR) is 57.3 cm³/mol. The van der Waals surface area contributed by atoms with Crippen LogP contribution in [0.4, 0.5) is 5.69 Å². The van der Waals surface area contributed by atoms with Gasteiger partial charge in [0.2, 0.25) is 0 Å². The molecule has 2 rings (SSSR count). The van der Waals surface area contributed by atoms with Gasteiger partial charge in [-0.2, -0.15) is 5.26 Å². The minimum atomic E-state index is 0.770. The van der Waals surface area contributed by atoms with Gasteiger partial charge in [-0.15, -0.1) is 0 Å². The maximum Gasteiger partial charge on any atom is 0.0992 e. The summed E-state index contributed by atoms with van der Waals surface area (Å²) in [5.41, 5.74) is 3.15. The number of benzene rings is 1. The van der Waals surface area contributed by atoms with Gasteiger partial charge in [-0.05, 0) is 43.5 Å². The molecule has 1 aliphatic rings. The highest BCUT2D eigenvalue weighted by atomic mass is 15.1. The summed E-state index contributed by atoms with van der Waals surface area (Å²) in [5, 5.41) is 8.86. The van der Waals surface area contributed by atoms with Gasteiger partial charge in [-0.25, -0.2) is 0 Å². The van der Waals surface area contributed by atoms with Crippen molar-refractivity contribution in [3.05, 3.63) is 29.3 Å². The zero-order chi connectivity index (χ0) is 9.97. The highest BCUT2D eigenvalue weighted by molar-refractivity contribution is 5.54. The van der Waals surface area contributed by atoms with Crippen molar-refractivity contribution in [2.45, 2.75) is 19.8 Å². The SMILES string of the molecule is Cc1cc(C#N)cc(N2CCCC2)c1. The monoisotopic (exact) mass is 186 g/mol. The number of nitriles is 1. The van der Waals surface area contributed by atoms with Crippen LogP contribution < -0.4 is 4.90 Å². The zero-order valence-electron chi connectivity index (χ0n) is 8.45. The quantitative estimate of drug-likeness (QED) is 0.673. The standard InChI is InChI=1S/C12H14N2/c1-10-6-11(9-13)8-12(7-10)14-4-2-3-5-14/h6-8H,2-5H2,1H3. The van der Waals surface area contributed by atoms with E-state index in [2.05, 4.69) is 17.0 Å².